The van der Waals surface area contributed by atoms with Crippen molar-refractivity contribution in [1.82, 2.24) is 0 Å². The standard InChI is InChI=1S/C27H36Br2O4/c1-16-6-9-21(28)26(4)12-10-22(29)27(5)13-11-23(25(2,3)33-27)32-24(31)17-7-8-20(30)18(14-17)15-19(16)26/h7-8,14,21-23,30H,6,9-13,15H2,1-5H3. The molecule has 3 aliphatic heterocycles. The van der Waals surface area contributed by atoms with Gasteiger partial charge < -0.3 is 14.6 Å². The van der Waals surface area contributed by atoms with E-state index in [1.54, 1.807) is 12.1 Å². The third-order valence-corrected chi connectivity index (χ3v) is 11.2. The van der Waals surface area contributed by atoms with E-state index in [2.05, 4.69) is 52.6 Å². The molecule has 0 amide bonds. The highest BCUT2D eigenvalue weighted by Gasteiger charge is 2.49. The Morgan fingerprint density at radius 2 is 1.76 bits per heavy atom. The van der Waals surface area contributed by atoms with Crippen molar-refractivity contribution in [2.75, 3.05) is 0 Å². The second kappa shape index (κ2) is 8.98. The molecule has 6 heteroatoms. The molecule has 0 aromatic heterocycles. The molecule has 1 aromatic carbocycles. The van der Waals surface area contributed by atoms with Crippen LogP contribution in [0.1, 0.15) is 89.1 Å². The first kappa shape index (κ1) is 25.2. The lowest BCUT2D eigenvalue weighted by Crippen LogP contribution is -2.56. The van der Waals surface area contributed by atoms with Crippen LogP contribution in [0.5, 0.6) is 5.75 Å². The van der Waals surface area contributed by atoms with E-state index in [-0.39, 0.29) is 33.7 Å². The monoisotopic (exact) mass is 582 g/mol. The Morgan fingerprint density at radius 1 is 1.03 bits per heavy atom. The maximum atomic E-state index is 13.1. The van der Waals surface area contributed by atoms with Crippen molar-refractivity contribution in [3.8, 4) is 5.75 Å². The number of fused-ring (bicyclic) bond motifs is 5. The lowest BCUT2D eigenvalue weighted by Gasteiger charge is -2.50. The fourth-order valence-electron chi connectivity index (χ4n) is 6.03. The van der Waals surface area contributed by atoms with Crippen molar-refractivity contribution in [2.24, 2.45) is 5.41 Å². The number of phenols is 1. The predicted octanol–water partition coefficient (Wildman–Crippen LogP) is 7.25. The van der Waals surface area contributed by atoms with Crippen LogP contribution in [0.3, 0.4) is 0 Å². The van der Waals surface area contributed by atoms with Gasteiger partial charge in [-0.1, -0.05) is 49.9 Å². The molecule has 1 saturated heterocycles. The molecule has 4 nitrogen and oxygen atoms in total. The summed E-state index contributed by atoms with van der Waals surface area (Å²) in [5, 5.41) is 10.7. The van der Waals surface area contributed by atoms with E-state index >= 15 is 0 Å². The molecule has 4 bridgehead atoms. The van der Waals surface area contributed by atoms with Gasteiger partial charge in [0.1, 0.15) is 17.5 Å². The summed E-state index contributed by atoms with van der Waals surface area (Å²) in [4.78, 5) is 13.7. The van der Waals surface area contributed by atoms with Gasteiger partial charge in [0.15, 0.2) is 0 Å². The van der Waals surface area contributed by atoms with Crippen LogP contribution in [0.15, 0.2) is 29.3 Å². The number of allylic oxidation sites excluding steroid dienone is 2. The smallest absolute Gasteiger partial charge is 0.338 e. The van der Waals surface area contributed by atoms with Crippen molar-refractivity contribution in [3.63, 3.8) is 0 Å². The molecule has 3 heterocycles. The topological polar surface area (TPSA) is 55.8 Å². The van der Waals surface area contributed by atoms with Crippen LogP contribution in [0.25, 0.3) is 0 Å². The number of alkyl halides is 2. The average molecular weight is 584 g/mol. The molecule has 5 unspecified atom stereocenters. The molecule has 0 saturated carbocycles. The van der Waals surface area contributed by atoms with Crippen LogP contribution in [-0.2, 0) is 15.9 Å². The number of benzene rings is 1. The third-order valence-electron chi connectivity index (χ3n) is 8.35. The highest BCUT2D eigenvalue weighted by Crippen LogP contribution is 2.51. The zero-order valence-electron chi connectivity index (χ0n) is 20.3. The summed E-state index contributed by atoms with van der Waals surface area (Å²) in [6.45, 7) is 10.8. The van der Waals surface area contributed by atoms with Gasteiger partial charge in [-0.25, -0.2) is 4.79 Å². The molecule has 5 rings (SSSR count). The van der Waals surface area contributed by atoms with Crippen LogP contribution in [0, 0.1) is 5.41 Å². The van der Waals surface area contributed by atoms with Gasteiger partial charge in [0.05, 0.1) is 11.2 Å². The lowest BCUT2D eigenvalue weighted by molar-refractivity contribution is -0.214. The van der Waals surface area contributed by atoms with Crippen LogP contribution < -0.4 is 0 Å². The molecule has 1 aromatic rings. The molecule has 0 spiro atoms. The largest absolute Gasteiger partial charge is 0.508 e. The number of phenolic OH excluding ortho intramolecular Hbond substituents is 1. The molecule has 5 atom stereocenters. The minimum atomic E-state index is -0.594. The Hall–Kier alpha value is -0.850. The second-order valence-corrected chi connectivity index (χ2v) is 13.4. The maximum absolute atomic E-state index is 13.1. The fraction of sp³-hybridized carbons (Fsp3) is 0.667. The summed E-state index contributed by atoms with van der Waals surface area (Å²) in [5.41, 5.74) is 3.02. The number of carbonyl (C=O) groups is 1. The molecule has 33 heavy (non-hydrogen) atoms. The summed E-state index contributed by atoms with van der Waals surface area (Å²) < 4.78 is 12.6. The van der Waals surface area contributed by atoms with Crippen molar-refractivity contribution < 1.29 is 19.4 Å². The maximum Gasteiger partial charge on any atom is 0.338 e. The van der Waals surface area contributed by atoms with Crippen LogP contribution in [0.2, 0.25) is 0 Å². The first-order valence-electron chi connectivity index (χ1n) is 12.1. The van der Waals surface area contributed by atoms with E-state index < -0.39 is 5.60 Å². The molecule has 1 aliphatic carbocycles. The first-order chi connectivity index (χ1) is 15.4. The molecular weight excluding hydrogens is 548 g/mol. The van der Waals surface area contributed by atoms with Gasteiger partial charge in [-0.05, 0) is 96.4 Å². The quantitative estimate of drug-likeness (QED) is 0.199. The van der Waals surface area contributed by atoms with Gasteiger partial charge in [0.2, 0.25) is 0 Å². The number of carbonyl (C=O) groups excluding carboxylic acids is 1. The normalized spacial score (nSPS) is 37.1. The zero-order valence-corrected chi connectivity index (χ0v) is 23.5. The summed E-state index contributed by atoms with van der Waals surface area (Å²) in [5.74, 6) is -0.132. The minimum Gasteiger partial charge on any atom is -0.508 e. The third kappa shape index (κ3) is 4.69. The SMILES string of the molecule is CC1=C2Cc3cc(ccc3O)C(=O)OC3CCC(C)(OC3(C)C)C(Br)CCC2(C)C(Br)CC1. The van der Waals surface area contributed by atoms with Crippen molar-refractivity contribution in [3.05, 3.63) is 40.5 Å². The highest BCUT2D eigenvalue weighted by atomic mass is 79.9. The summed E-state index contributed by atoms with van der Waals surface area (Å²) >= 11 is 8.01. The zero-order chi connectivity index (χ0) is 24.2. The lowest BCUT2D eigenvalue weighted by atomic mass is 9.66. The van der Waals surface area contributed by atoms with E-state index in [0.29, 0.717) is 16.8 Å². The molecule has 1 N–H and O–H groups in total. The van der Waals surface area contributed by atoms with Crippen LogP contribution >= 0.6 is 31.9 Å². The van der Waals surface area contributed by atoms with Gasteiger partial charge in [-0.2, -0.15) is 0 Å². The summed E-state index contributed by atoms with van der Waals surface area (Å²) in [6, 6.07) is 5.09. The van der Waals surface area contributed by atoms with Crippen molar-refractivity contribution in [1.29, 1.82) is 0 Å². The van der Waals surface area contributed by atoms with E-state index in [1.165, 1.54) is 11.1 Å². The number of aromatic hydroxyl groups is 1. The van der Waals surface area contributed by atoms with Crippen LogP contribution in [0.4, 0.5) is 0 Å². The fourth-order valence-corrected chi connectivity index (χ4v) is 7.31. The number of ether oxygens (including phenoxy) is 2. The predicted molar refractivity (Wildman–Crippen MR) is 139 cm³/mol. The van der Waals surface area contributed by atoms with E-state index in [1.807, 2.05) is 19.9 Å². The van der Waals surface area contributed by atoms with Gasteiger partial charge in [0, 0.05) is 15.1 Å². The first-order valence-corrected chi connectivity index (χ1v) is 13.9. The van der Waals surface area contributed by atoms with Crippen LogP contribution in [-0.4, -0.2) is 38.0 Å². The minimum absolute atomic E-state index is 0.0550. The second-order valence-electron chi connectivity index (χ2n) is 11.2. The van der Waals surface area contributed by atoms with Crippen molar-refractivity contribution in [2.45, 2.75) is 107 Å². The summed E-state index contributed by atoms with van der Waals surface area (Å²) in [7, 11) is 0. The van der Waals surface area contributed by atoms with E-state index in [0.717, 1.165) is 44.1 Å². The number of halogens is 2. The van der Waals surface area contributed by atoms with Gasteiger partial charge in [-0.3, -0.25) is 0 Å². The Labute approximate surface area is 214 Å². The van der Waals surface area contributed by atoms with Gasteiger partial charge >= 0.3 is 5.97 Å². The Kier molecular flexibility index (Phi) is 6.87. The van der Waals surface area contributed by atoms with Crippen molar-refractivity contribution >= 4 is 37.8 Å². The highest BCUT2D eigenvalue weighted by molar-refractivity contribution is 9.09. The molecule has 4 aliphatic rings. The number of esters is 1. The van der Waals surface area contributed by atoms with E-state index in [4.69, 9.17) is 9.47 Å². The molecule has 182 valence electrons. The van der Waals surface area contributed by atoms with E-state index in [9.17, 15) is 9.90 Å². The molecule has 1 fully saturated rings. The van der Waals surface area contributed by atoms with Gasteiger partial charge in [-0.15, -0.1) is 0 Å². The Morgan fingerprint density at radius 3 is 2.45 bits per heavy atom. The Bertz CT molecular complexity index is 971. The van der Waals surface area contributed by atoms with Gasteiger partial charge in [0.25, 0.3) is 0 Å². The average Bonchev–Trinajstić information content (AvgIpc) is 2.74. The number of rotatable bonds is 0. The molecule has 0 radical (unpaired) electrons. The Balaban J connectivity index is 1.81. The number of hydrogen-bond donors (Lipinski definition) is 1. The number of hydrogen-bond acceptors (Lipinski definition) is 4. The molecular formula is C27H36Br2O4. The summed E-state index contributed by atoms with van der Waals surface area (Å²) in [6.07, 6.45) is 6.00.